The SMILES string of the molecule is CC(Nc1cc2c(cc1N)OCCO2)c1ccc(Br)cc1. The van der Waals surface area contributed by atoms with Crippen LogP contribution in [0.3, 0.4) is 0 Å². The van der Waals surface area contributed by atoms with E-state index in [1.807, 2.05) is 24.3 Å². The predicted octanol–water partition coefficient (Wildman–Crippen LogP) is 3.98. The summed E-state index contributed by atoms with van der Waals surface area (Å²) >= 11 is 3.44. The van der Waals surface area contributed by atoms with Crippen LogP contribution in [0.1, 0.15) is 18.5 Å². The van der Waals surface area contributed by atoms with Crippen molar-refractivity contribution in [3.8, 4) is 11.5 Å². The van der Waals surface area contributed by atoms with Gasteiger partial charge in [0.05, 0.1) is 11.4 Å². The third-order valence-electron chi connectivity index (χ3n) is 3.46. The van der Waals surface area contributed by atoms with E-state index in [9.17, 15) is 0 Å². The Bertz CT molecular complexity index is 643. The Hall–Kier alpha value is -1.88. The van der Waals surface area contributed by atoms with E-state index < -0.39 is 0 Å². The first kappa shape index (κ1) is 14.1. The lowest BCUT2D eigenvalue weighted by Crippen LogP contribution is -2.16. The van der Waals surface area contributed by atoms with Crippen molar-refractivity contribution in [1.82, 2.24) is 0 Å². The maximum atomic E-state index is 6.09. The molecule has 2 aromatic carbocycles. The van der Waals surface area contributed by atoms with Crippen molar-refractivity contribution in [1.29, 1.82) is 0 Å². The van der Waals surface area contributed by atoms with Gasteiger partial charge < -0.3 is 20.5 Å². The summed E-state index contributed by atoms with van der Waals surface area (Å²) < 4.78 is 12.2. The van der Waals surface area contributed by atoms with Crippen LogP contribution in [-0.2, 0) is 0 Å². The van der Waals surface area contributed by atoms with Gasteiger partial charge in [-0.05, 0) is 24.6 Å². The molecule has 1 unspecified atom stereocenters. The van der Waals surface area contributed by atoms with Crippen LogP contribution in [0.2, 0.25) is 0 Å². The van der Waals surface area contributed by atoms with Gasteiger partial charge in [-0.15, -0.1) is 0 Å². The summed E-state index contributed by atoms with van der Waals surface area (Å²) in [5, 5.41) is 3.42. The lowest BCUT2D eigenvalue weighted by atomic mass is 10.1. The van der Waals surface area contributed by atoms with Gasteiger partial charge in [-0.2, -0.15) is 0 Å². The number of hydrogen-bond acceptors (Lipinski definition) is 4. The minimum Gasteiger partial charge on any atom is -0.486 e. The Kier molecular flexibility index (Phi) is 3.92. The van der Waals surface area contributed by atoms with E-state index in [1.54, 1.807) is 0 Å². The molecule has 1 heterocycles. The molecule has 0 saturated carbocycles. The van der Waals surface area contributed by atoms with Crippen LogP contribution in [-0.4, -0.2) is 13.2 Å². The maximum Gasteiger partial charge on any atom is 0.163 e. The second-order valence-corrected chi connectivity index (χ2v) is 5.92. The molecule has 0 aliphatic carbocycles. The van der Waals surface area contributed by atoms with Crippen molar-refractivity contribution in [2.45, 2.75) is 13.0 Å². The van der Waals surface area contributed by atoms with Gasteiger partial charge in [0.2, 0.25) is 0 Å². The first-order chi connectivity index (χ1) is 10.1. The molecule has 3 N–H and O–H groups in total. The number of nitrogen functional groups attached to an aromatic ring is 1. The molecule has 110 valence electrons. The zero-order valence-electron chi connectivity index (χ0n) is 11.7. The average molecular weight is 349 g/mol. The number of hydrogen-bond donors (Lipinski definition) is 2. The van der Waals surface area contributed by atoms with Crippen molar-refractivity contribution in [2.24, 2.45) is 0 Å². The van der Waals surface area contributed by atoms with Gasteiger partial charge in [0.15, 0.2) is 11.5 Å². The van der Waals surface area contributed by atoms with Crippen LogP contribution in [0.5, 0.6) is 11.5 Å². The van der Waals surface area contributed by atoms with E-state index >= 15 is 0 Å². The molecule has 0 saturated heterocycles. The average Bonchev–Trinajstić information content (AvgIpc) is 2.48. The van der Waals surface area contributed by atoms with Crippen molar-refractivity contribution >= 4 is 27.3 Å². The monoisotopic (exact) mass is 348 g/mol. The van der Waals surface area contributed by atoms with Crippen LogP contribution in [0.15, 0.2) is 40.9 Å². The molecule has 1 aliphatic heterocycles. The summed E-state index contributed by atoms with van der Waals surface area (Å²) in [5.74, 6) is 1.45. The Morgan fingerprint density at radius 3 is 2.38 bits per heavy atom. The van der Waals surface area contributed by atoms with Gasteiger partial charge in [-0.3, -0.25) is 0 Å². The zero-order chi connectivity index (χ0) is 14.8. The molecule has 2 aromatic rings. The summed E-state index contributed by atoms with van der Waals surface area (Å²) in [6, 6.07) is 12.1. The summed E-state index contributed by atoms with van der Waals surface area (Å²) in [5.41, 5.74) is 8.79. The number of ether oxygens (including phenoxy) is 2. The van der Waals surface area contributed by atoms with Gasteiger partial charge in [-0.25, -0.2) is 0 Å². The third-order valence-corrected chi connectivity index (χ3v) is 3.99. The first-order valence-corrected chi connectivity index (χ1v) is 7.64. The first-order valence-electron chi connectivity index (χ1n) is 6.84. The number of anilines is 2. The van der Waals surface area contributed by atoms with E-state index in [0.29, 0.717) is 24.7 Å². The van der Waals surface area contributed by atoms with E-state index in [2.05, 4.69) is 40.3 Å². The molecular weight excluding hydrogens is 332 g/mol. The Morgan fingerprint density at radius 1 is 1.10 bits per heavy atom. The summed E-state index contributed by atoms with van der Waals surface area (Å²) in [6.45, 7) is 3.23. The molecule has 3 rings (SSSR count). The van der Waals surface area contributed by atoms with Crippen molar-refractivity contribution in [2.75, 3.05) is 24.3 Å². The zero-order valence-corrected chi connectivity index (χ0v) is 13.3. The molecule has 4 nitrogen and oxygen atoms in total. The van der Waals surface area contributed by atoms with Crippen molar-refractivity contribution in [3.63, 3.8) is 0 Å². The van der Waals surface area contributed by atoms with Crippen LogP contribution in [0.4, 0.5) is 11.4 Å². The summed E-state index contributed by atoms with van der Waals surface area (Å²) in [7, 11) is 0. The minimum absolute atomic E-state index is 0.142. The Labute approximate surface area is 132 Å². The molecule has 0 amide bonds. The van der Waals surface area contributed by atoms with Gasteiger partial charge in [0.1, 0.15) is 13.2 Å². The fourth-order valence-corrected chi connectivity index (χ4v) is 2.56. The fraction of sp³-hybridized carbons (Fsp3) is 0.250. The lowest BCUT2D eigenvalue weighted by molar-refractivity contribution is 0.172. The van der Waals surface area contributed by atoms with Gasteiger partial charge in [0.25, 0.3) is 0 Å². The fourth-order valence-electron chi connectivity index (χ4n) is 2.30. The van der Waals surface area contributed by atoms with Crippen LogP contribution in [0.25, 0.3) is 0 Å². The number of benzene rings is 2. The van der Waals surface area contributed by atoms with Crippen LogP contribution < -0.4 is 20.5 Å². The highest BCUT2D eigenvalue weighted by molar-refractivity contribution is 9.10. The van der Waals surface area contributed by atoms with Crippen LogP contribution >= 0.6 is 15.9 Å². The summed E-state index contributed by atoms with van der Waals surface area (Å²) in [4.78, 5) is 0. The standard InChI is InChI=1S/C16H17BrN2O2/c1-10(11-2-4-12(17)5-3-11)19-14-9-16-15(8-13(14)18)20-6-7-21-16/h2-5,8-10,19H,6-7,18H2,1H3. The molecule has 0 aromatic heterocycles. The molecular formula is C16H17BrN2O2. The molecule has 0 radical (unpaired) electrons. The Balaban J connectivity index is 1.82. The van der Waals surface area contributed by atoms with E-state index in [-0.39, 0.29) is 6.04 Å². The van der Waals surface area contributed by atoms with Crippen LogP contribution in [0, 0.1) is 0 Å². The minimum atomic E-state index is 0.142. The van der Waals surface area contributed by atoms with Crippen molar-refractivity contribution < 1.29 is 9.47 Å². The number of nitrogens with two attached hydrogens (primary N) is 1. The highest BCUT2D eigenvalue weighted by Crippen LogP contribution is 2.38. The molecule has 1 atom stereocenters. The third kappa shape index (κ3) is 3.08. The topological polar surface area (TPSA) is 56.5 Å². The number of fused-ring (bicyclic) bond motifs is 1. The smallest absolute Gasteiger partial charge is 0.163 e. The molecule has 0 bridgehead atoms. The highest BCUT2D eigenvalue weighted by atomic mass is 79.9. The normalized spacial score (nSPS) is 14.6. The molecule has 21 heavy (non-hydrogen) atoms. The van der Waals surface area contributed by atoms with E-state index in [4.69, 9.17) is 15.2 Å². The molecule has 0 spiro atoms. The number of rotatable bonds is 3. The number of nitrogens with one attached hydrogen (secondary N) is 1. The molecule has 0 fully saturated rings. The second-order valence-electron chi connectivity index (χ2n) is 5.00. The maximum absolute atomic E-state index is 6.09. The van der Waals surface area contributed by atoms with Gasteiger partial charge >= 0.3 is 0 Å². The lowest BCUT2D eigenvalue weighted by Gasteiger charge is -2.22. The van der Waals surface area contributed by atoms with Crippen molar-refractivity contribution in [3.05, 3.63) is 46.4 Å². The second kappa shape index (κ2) is 5.85. The van der Waals surface area contributed by atoms with E-state index in [1.165, 1.54) is 5.56 Å². The molecule has 5 heteroatoms. The number of halogens is 1. The summed E-state index contributed by atoms with van der Waals surface area (Å²) in [6.07, 6.45) is 0. The van der Waals surface area contributed by atoms with Gasteiger partial charge in [0, 0.05) is 22.6 Å². The van der Waals surface area contributed by atoms with Gasteiger partial charge in [-0.1, -0.05) is 28.1 Å². The highest BCUT2D eigenvalue weighted by Gasteiger charge is 2.16. The quantitative estimate of drug-likeness (QED) is 0.823. The van der Waals surface area contributed by atoms with E-state index in [0.717, 1.165) is 15.9 Å². The predicted molar refractivity (Wildman–Crippen MR) is 88.0 cm³/mol. The Morgan fingerprint density at radius 2 is 1.71 bits per heavy atom. The largest absolute Gasteiger partial charge is 0.486 e. The molecule has 1 aliphatic rings.